The number of halogens is 1. The van der Waals surface area contributed by atoms with Gasteiger partial charge in [-0.2, -0.15) is 0 Å². The van der Waals surface area contributed by atoms with Crippen LogP contribution in [0.1, 0.15) is 35.9 Å². The van der Waals surface area contributed by atoms with Crippen molar-refractivity contribution < 1.29 is 4.79 Å². The lowest BCUT2D eigenvalue weighted by atomic mass is 10.1. The molecular weight excluding hydrogens is 280 g/mol. The molecule has 3 nitrogen and oxygen atoms in total. The molecule has 3 unspecified atom stereocenters. The van der Waals surface area contributed by atoms with Crippen molar-refractivity contribution in [3.8, 4) is 0 Å². The van der Waals surface area contributed by atoms with Gasteiger partial charge in [-0.05, 0) is 45.2 Å². The summed E-state index contributed by atoms with van der Waals surface area (Å²) in [5, 5.41) is 3.11. The van der Waals surface area contributed by atoms with Gasteiger partial charge in [0.05, 0.1) is 0 Å². The van der Waals surface area contributed by atoms with Crippen LogP contribution in [0.15, 0.2) is 12.1 Å². The smallest absolute Gasteiger partial charge is 0.223 e. The molecule has 1 aliphatic rings. The third kappa shape index (κ3) is 4.79. The van der Waals surface area contributed by atoms with Crippen molar-refractivity contribution in [1.82, 2.24) is 5.32 Å². The van der Waals surface area contributed by atoms with Crippen molar-refractivity contribution in [2.24, 2.45) is 11.7 Å². The number of thiophene rings is 1. The molecule has 1 fully saturated rings. The molecule has 0 aromatic carbocycles. The van der Waals surface area contributed by atoms with E-state index in [0.29, 0.717) is 0 Å². The molecule has 1 aromatic heterocycles. The Hall–Kier alpha value is -0.580. The summed E-state index contributed by atoms with van der Waals surface area (Å²) in [6.45, 7) is 4.18. The number of hydrogen-bond acceptors (Lipinski definition) is 3. The Balaban J connectivity index is 0.00000180. The number of carbonyl (C=O) groups is 1. The normalized spacial score (nSPS) is 23.7. The average Bonchev–Trinajstić information content (AvgIpc) is 2.87. The monoisotopic (exact) mass is 302 g/mol. The second-order valence-electron chi connectivity index (χ2n) is 5.40. The van der Waals surface area contributed by atoms with Crippen molar-refractivity contribution in [1.29, 1.82) is 0 Å². The quantitative estimate of drug-likeness (QED) is 0.898. The maximum absolute atomic E-state index is 12.0. The molecule has 2 rings (SSSR count). The molecule has 5 heteroatoms. The van der Waals surface area contributed by atoms with Crippen LogP contribution >= 0.6 is 23.7 Å². The number of amides is 1. The average molecular weight is 303 g/mol. The zero-order valence-corrected chi connectivity index (χ0v) is 13.2. The van der Waals surface area contributed by atoms with Gasteiger partial charge in [0.1, 0.15) is 0 Å². The van der Waals surface area contributed by atoms with Crippen LogP contribution in [0.2, 0.25) is 0 Å². The maximum atomic E-state index is 12.0. The Kier molecular flexibility index (Phi) is 6.30. The second-order valence-corrected chi connectivity index (χ2v) is 6.77. The molecule has 0 bridgehead atoms. The molecule has 0 aliphatic heterocycles. The molecule has 1 aromatic rings. The van der Waals surface area contributed by atoms with Crippen molar-refractivity contribution in [2.45, 2.75) is 51.6 Å². The lowest BCUT2D eigenvalue weighted by Gasteiger charge is -2.16. The summed E-state index contributed by atoms with van der Waals surface area (Å²) in [6.07, 6.45) is 3.69. The topological polar surface area (TPSA) is 55.1 Å². The van der Waals surface area contributed by atoms with E-state index in [1.165, 1.54) is 9.75 Å². The summed E-state index contributed by atoms with van der Waals surface area (Å²) in [4.78, 5) is 14.7. The molecule has 0 spiro atoms. The molecule has 1 aliphatic carbocycles. The van der Waals surface area contributed by atoms with Gasteiger partial charge >= 0.3 is 0 Å². The Bertz CT molecular complexity index is 421. The molecule has 1 heterocycles. The zero-order valence-electron chi connectivity index (χ0n) is 11.5. The fourth-order valence-electron chi connectivity index (χ4n) is 2.56. The molecule has 19 heavy (non-hydrogen) atoms. The molecule has 1 amide bonds. The van der Waals surface area contributed by atoms with E-state index in [1.807, 2.05) is 0 Å². The Morgan fingerprint density at radius 2 is 2.26 bits per heavy atom. The summed E-state index contributed by atoms with van der Waals surface area (Å²) in [7, 11) is 0. The van der Waals surface area contributed by atoms with Gasteiger partial charge in [-0.3, -0.25) is 4.79 Å². The second kappa shape index (κ2) is 7.27. The molecule has 108 valence electrons. The maximum Gasteiger partial charge on any atom is 0.223 e. The lowest BCUT2D eigenvalue weighted by Crippen LogP contribution is -2.38. The van der Waals surface area contributed by atoms with E-state index in [9.17, 15) is 4.79 Å². The zero-order chi connectivity index (χ0) is 13.1. The Morgan fingerprint density at radius 1 is 1.53 bits per heavy atom. The Labute approximate surface area is 125 Å². The van der Waals surface area contributed by atoms with Crippen LogP contribution in [0.5, 0.6) is 0 Å². The minimum absolute atomic E-state index is 0. The summed E-state index contributed by atoms with van der Waals surface area (Å²) in [6, 6.07) is 4.70. The number of carbonyl (C=O) groups excluding carboxylic acids is 1. The van der Waals surface area contributed by atoms with Crippen molar-refractivity contribution in [2.75, 3.05) is 0 Å². The van der Waals surface area contributed by atoms with Gasteiger partial charge in [0.25, 0.3) is 0 Å². The first-order valence-corrected chi connectivity index (χ1v) is 7.47. The first-order valence-electron chi connectivity index (χ1n) is 6.66. The molecular formula is C14H23ClN2OS. The van der Waals surface area contributed by atoms with Crippen LogP contribution < -0.4 is 11.1 Å². The van der Waals surface area contributed by atoms with Crippen LogP contribution in [0, 0.1) is 12.8 Å². The minimum Gasteiger partial charge on any atom is -0.353 e. The lowest BCUT2D eigenvalue weighted by molar-refractivity contribution is -0.125. The van der Waals surface area contributed by atoms with Crippen molar-refractivity contribution >= 4 is 29.7 Å². The number of nitrogens with two attached hydrogens (primary N) is 1. The highest BCUT2D eigenvalue weighted by molar-refractivity contribution is 7.11. The van der Waals surface area contributed by atoms with Gasteiger partial charge in [-0.25, -0.2) is 0 Å². The third-order valence-corrected chi connectivity index (χ3v) is 4.56. The first kappa shape index (κ1) is 16.5. The Morgan fingerprint density at radius 3 is 2.79 bits per heavy atom. The first-order chi connectivity index (χ1) is 8.54. The largest absolute Gasteiger partial charge is 0.353 e. The van der Waals surface area contributed by atoms with Gasteiger partial charge in [-0.15, -0.1) is 23.7 Å². The predicted molar refractivity (Wildman–Crippen MR) is 82.9 cm³/mol. The fraction of sp³-hybridized carbons (Fsp3) is 0.643. The van der Waals surface area contributed by atoms with Crippen LogP contribution in [0.3, 0.4) is 0 Å². The van der Waals surface area contributed by atoms with Crippen LogP contribution in [0.25, 0.3) is 0 Å². The number of rotatable bonds is 4. The highest BCUT2D eigenvalue weighted by Gasteiger charge is 2.28. The van der Waals surface area contributed by atoms with E-state index in [2.05, 4.69) is 31.3 Å². The molecule has 3 N–H and O–H groups in total. The van der Waals surface area contributed by atoms with Crippen molar-refractivity contribution in [3.63, 3.8) is 0 Å². The summed E-state index contributed by atoms with van der Waals surface area (Å²) in [5.41, 5.74) is 5.84. The number of aryl methyl sites for hydroxylation is 1. The van der Waals surface area contributed by atoms with E-state index in [0.717, 1.165) is 25.7 Å². The van der Waals surface area contributed by atoms with E-state index < -0.39 is 0 Å². The molecule has 0 saturated heterocycles. The van der Waals surface area contributed by atoms with E-state index in [-0.39, 0.29) is 36.3 Å². The van der Waals surface area contributed by atoms with Gasteiger partial charge in [0.15, 0.2) is 0 Å². The van der Waals surface area contributed by atoms with E-state index in [1.54, 1.807) is 11.3 Å². The molecule has 0 radical (unpaired) electrons. The van der Waals surface area contributed by atoms with Crippen LogP contribution in [0.4, 0.5) is 0 Å². The molecule has 3 atom stereocenters. The van der Waals surface area contributed by atoms with E-state index in [4.69, 9.17) is 5.73 Å². The summed E-state index contributed by atoms with van der Waals surface area (Å²) < 4.78 is 0. The van der Waals surface area contributed by atoms with Crippen LogP contribution in [-0.2, 0) is 11.2 Å². The van der Waals surface area contributed by atoms with Gasteiger partial charge in [0, 0.05) is 34.2 Å². The van der Waals surface area contributed by atoms with Gasteiger partial charge in [-0.1, -0.05) is 0 Å². The highest BCUT2D eigenvalue weighted by atomic mass is 35.5. The summed E-state index contributed by atoms with van der Waals surface area (Å²) in [5.74, 6) is 0.316. The van der Waals surface area contributed by atoms with Gasteiger partial charge < -0.3 is 11.1 Å². The van der Waals surface area contributed by atoms with Crippen LogP contribution in [-0.4, -0.2) is 18.0 Å². The predicted octanol–water partition coefficient (Wildman–Crippen LogP) is 2.65. The highest BCUT2D eigenvalue weighted by Crippen LogP contribution is 2.24. The van der Waals surface area contributed by atoms with Gasteiger partial charge in [0.2, 0.25) is 5.91 Å². The summed E-state index contributed by atoms with van der Waals surface area (Å²) >= 11 is 1.80. The third-order valence-electron chi connectivity index (χ3n) is 3.54. The van der Waals surface area contributed by atoms with E-state index >= 15 is 0 Å². The number of hydrogen-bond donors (Lipinski definition) is 2. The molecule has 1 saturated carbocycles. The SMILES string of the molecule is Cc1ccc(CC(C)NC(=O)C2CCC(N)C2)s1.Cl. The standard InChI is InChI=1S/C14H22N2OS.ClH/c1-9(7-13-6-3-10(2)18-13)16-14(17)11-4-5-12(15)8-11;/h3,6,9,11-12H,4-5,7-8,15H2,1-2H3,(H,16,17);1H. The fourth-order valence-corrected chi connectivity index (χ4v) is 3.58. The minimum atomic E-state index is 0. The number of nitrogens with one attached hydrogen (secondary N) is 1. The van der Waals surface area contributed by atoms with Crippen molar-refractivity contribution in [3.05, 3.63) is 21.9 Å².